The molecule has 0 radical (unpaired) electrons. The zero-order chi connectivity index (χ0) is 18.3. The minimum atomic E-state index is -0.385. The van der Waals surface area contributed by atoms with Gasteiger partial charge in [0, 0.05) is 37.7 Å². The topological polar surface area (TPSA) is 83.1 Å². The van der Waals surface area contributed by atoms with Crippen LogP contribution in [0.25, 0.3) is 0 Å². The molecular formula is C17H24N4O4. The van der Waals surface area contributed by atoms with Crippen LogP contribution in [0.15, 0.2) is 18.2 Å². The standard InChI is InChI=1S/C17H24N4O4/c1-9-13-14(11-7-6-10(24-4)8-12(11)25-5)20(2)17(23)19-15(13)21(3)16(22)18-9/h6-9,13-15H,1-5H3,(H,18,22)(H,19,23)/t9-,13+,14+,15+/m1/s1. The van der Waals surface area contributed by atoms with Crippen molar-refractivity contribution in [2.24, 2.45) is 5.92 Å². The van der Waals surface area contributed by atoms with E-state index < -0.39 is 0 Å². The number of hydrogen-bond donors (Lipinski definition) is 2. The molecule has 8 heteroatoms. The highest BCUT2D eigenvalue weighted by Gasteiger charge is 2.50. The number of carbonyl (C=O) groups excluding carboxylic acids is 2. The zero-order valence-corrected chi connectivity index (χ0v) is 15.1. The first kappa shape index (κ1) is 17.2. The first-order chi connectivity index (χ1) is 11.9. The highest BCUT2D eigenvalue weighted by atomic mass is 16.5. The van der Waals surface area contributed by atoms with Gasteiger partial charge < -0.3 is 29.9 Å². The molecule has 0 spiro atoms. The van der Waals surface area contributed by atoms with E-state index in [4.69, 9.17) is 9.47 Å². The summed E-state index contributed by atoms with van der Waals surface area (Å²) in [6, 6.07) is 4.78. The van der Waals surface area contributed by atoms with Crippen LogP contribution in [0.5, 0.6) is 11.5 Å². The predicted molar refractivity (Wildman–Crippen MR) is 91.6 cm³/mol. The van der Waals surface area contributed by atoms with Crippen molar-refractivity contribution in [3.05, 3.63) is 23.8 Å². The summed E-state index contributed by atoms with van der Waals surface area (Å²) in [5, 5.41) is 5.89. The number of hydrogen-bond acceptors (Lipinski definition) is 4. The molecule has 4 amide bonds. The number of nitrogens with one attached hydrogen (secondary N) is 2. The first-order valence-corrected chi connectivity index (χ1v) is 8.17. The van der Waals surface area contributed by atoms with E-state index in [9.17, 15) is 9.59 Å². The fraction of sp³-hybridized carbons (Fsp3) is 0.529. The summed E-state index contributed by atoms with van der Waals surface area (Å²) in [7, 11) is 6.63. The van der Waals surface area contributed by atoms with E-state index in [0.29, 0.717) is 11.5 Å². The van der Waals surface area contributed by atoms with E-state index in [1.165, 1.54) is 0 Å². The third-order valence-corrected chi connectivity index (χ3v) is 5.16. The maximum absolute atomic E-state index is 12.5. The zero-order valence-electron chi connectivity index (χ0n) is 15.1. The van der Waals surface area contributed by atoms with Gasteiger partial charge in [0.2, 0.25) is 0 Å². The van der Waals surface area contributed by atoms with Crippen LogP contribution in [0.4, 0.5) is 9.59 Å². The van der Waals surface area contributed by atoms with Crippen molar-refractivity contribution in [2.75, 3.05) is 28.3 Å². The van der Waals surface area contributed by atoms with Crippen molar-refractivity contribution in [2.45, 2.75) is 25.2 Å². The maximum Gasteiger partial charge on any atom is 0.319 e. The van der Waals surface area contributed by atoms with Crippen LogP contribution >= 0.6 is 0 Å². The highest BCUT2D eigenvalue weighted by molar-refractivity contribution is 5.80. The Morgan fingerprint density at radius 1 is 1.00 bits per heavy atom. The Balaban J connectivity index is 2.09. The summed E-state index contributed by atoms with van der Waals surface area (Å²) >= 11 is 0. The molecule has 0 saturated carbocycles. The molecule has 1 aromatic rings. The summed E-state index contributed by atoms with van der Waals surface area (Å²) in [5.74, 6) is 1.28. The second-order valence-electron chi connectivity index (χ2n) is 6.48. The number of nitrogens with zero attached hydrogens (tertiary/aromatic N) is 2. The molecule has 2 N–H and O–H groups in total. The average Bonchev–Trinajstić information content (AvgIpc) is 2.61. The first-order valence-electron chi connectivity index (χ1n) is 8.17. The van der Waals surface area contributed by atoms with Crippen molar-refractivity contribution >= 4 is 12.1 Å². The molecule has 0 unspecified atom stereocenters. The van der Waals surface area contributed by atoms with Gasteiger partial charge in [-0.05, 0) is 19.1 Å². The number of carbonyl (C=O) groups is 2. The lowest BCUT2D eigenvalue weighted by molar-refractivity contribution is 0.0241. The van der Waals surface area contributed by atoms with Gasteiger partial charge in [0.25, 0.3) is 0 Å². The van der Waals surface area contributed by atoms with Gasteiger partial charge in [0.1, 0.15) is 17.7 Å². The molecule has 25 heavy (non-hydrogen) atoms. The Morgan fingerprint density at radius 3 is 2.32 bits per heavy atom. The van der Waals surface area contributed by atoms with Gasteiger partial charge in [-0.25, -0.2) is 9.59 Å². The normalized spacial score (nSPS) is 28.8. The van der Waals surface area contributed by atoms with Crippen molar-refractivity contribution < 1.29 is 19.1 Å². The second kappa shape index (κ2) is 6.34. The van der Waals surface area contributed by atoms with E-state index in [1.807, 2.05) is 19.1 Å². The van der Waals surface area contributed by atoms with E-state index in [2.05, 4.69) is 10.6 Å². The lowest BCUT2D eigenvalue weighted by atomic mass is 9.81. The monoisotopic (exact) mass is 348 g/mol. The SMILES string of the molecule is COc1ccc([C@H]2[C@H]3[C@@H](NC(=O)N2C)N(C)C(=O)N[C@@H]3C)c(OC)c1. The van der Waals surface area contributed by atoms with Crippen LogP contribution < -0.4 is 20.1 Å². The van der Waals surface area contributed by atoms with Gasteiger partial charge in [0.15, 0.2) is 0 Å². The van der Waals surface area contributed by atoms with Crippen molar-refractivity contribution in [1.82, 2.24) is 20.4 Å². The average molecular weight is 348 g/mol. The minimum Gasteiger partial charge on any atom is -0.497 e. The maximum atomic E-state index is 12.5. The molecule has 1 aromatic carbocycles. The summed E-state index contributed by atoms with van der Waals surface area (Å²) in [6.45, 7) is 1.96. The lowest BCUT2D eigenvalue weighted by Gasteiger charge is -2.52. The van der Waals surface area contributed by atoms with Gasteiger partial charge in [-0.1, -0.05) is 0 Å². The molecule has 2 heterocycles. The molecular weight excluding hydrogens is 324 g/mol. The number of fused-ring (bicyclic) bond motifs is 1. The van der Waals surface area contributed by atoms with Gasteiger partial charge in [-0.3, -0.25) is 0 Å². The second-order valence-corrected chi connectivity index (χ2v) is 6.48. The van der Waals surface area contributed by atoms with Gasteiger partial charge in [-0.2, -0.15) is 0 Å². The smallest absolute Gasteiger partial charge is 0.319 e. The molecule has 0 bridgehead atoms. The van der Waals surface area contributed by atoms with E-state index in [1.54, 1.807) is 44.2 Å². The molecule has 0 aliphatic carbocycles. The third-order valence-electron chi connectivity index (χ3n) is 5.16. The van der Waals surface area contributed by atoms with Gasteiger partial charge in [0.05, 0.1) is 20.3 Å². The molecule has 2 saturated heterocycles. The Hall–Kier alpha value is -2.64. The molecule has 3 rings (SSSR count). The quantitative estimate of drug-likeness (QED) is 0.865. The Labute approximate surface area is 147 Å². The fourth-order valence-corrected chi connectivity index (χ4v) is 3.78. The van der Waals surface area contributed by atoms with E-state index in [0.717, 1.165) is 5.56 Å². The minimum absolute atomic E-state index is 0.0484. The van der Waals surface area contributed by atoms with Crippen LogP contribution in [0.2, 0.25) is 0 Å². The van der Waals surface area contributed by atoms with Crippen LogP contribution in [-0.2, 0) is 0 Å². The number of urea groups is 2. The summed E-state index contributed by atoms with van der Waals surface area (Å²) in [6.07, 6.45) is -0.385. The van der Waals surface area contributed by atoms with Crippen LogP contribution in [0.1, 0.15) is 18.5 Å². The molecule has 2 aliphatic heterocycles. The Bertz CT molecular complexity index is 695. The van der Waals surface area contributed by atoms with E-state index >= 15 is 0 Å². The molecule has 2 aliphatic rings. The number of rotatable bonds is 3. The third kappa shape index (κ3) is 2.71. The summed E-state index contributed by atoms with van der Waals surface area (Å²) in [4.78, 5) is 27.8. The van der Waals surface area contributed by atoms with Crippen molar-refractivity contribution in [1.29, 1.82) is 0 Å². The fourth-order valence-electron chi connectivity index (χ4n) is 3.78. The van der Waals surface area contributed by atoms with Crippen LogP contribution in [-0.4, -0.2) is 62.4 Å². The lowest BCUT2D eigenvalue weighted by Crippen LogP contribution is -2.71. The predicted octanol–water partition coefficient (Wildman–Crippen LogP) is 1.39. The molecule has 0 aromatic heterocycles. The Kier molecular flexibility index (Phi) is 4.36. The van der Waals surface area contributed by atoms with Crippen LogP contribution in [0.3, 0.4) is 0 Å². The summed E-state index contributed by atoms with van der Waals surface area (Å²) < 4.78 is 10.8. The number of benzene rings is 1. The molecule has 4 atom stereocenters. The van der Waals surface area contributed by atoms with Crippen LogP contribution in [0, 0.1) is 5.92 Å². The molecule has 136 valence electrons. The highest BCUT2D eigenvalue weighted by Crippen LogP contribution is 2.42. The number of amides is 4. The largest absolute Gasteiger partial charge is 0.497 e. The van der Waals surface area contributed by atoms with Gasteiger partial charge >= 0.3 is 12.1 Å². The number of ether oxygens (including phenoxy) is 2. The number of methoxy groups -OCH3 is 2. The van der Waals surface area contributed by atoms with Gasteiger partial charge in [-0.15, -0.1) is 0 Å². The van der Waals surface area contributed by atoms with Crippen molar-refractivity contribution in [3.8, 4) is 11.5 Å². The Morgan fingerprint density at radius 2 is 1.68 bits per heavy atom. The van der Waals surface area contributed by atoms with E-state index in [-0.39, 0.29) is 36.2 Å². The summed E-state index contributed by atoms with van der Waals surface area (Å²) in [5.41, 5.74) is 0.882. The molecule has 8 nitrogen and oxygen atoms in total. The van der Waals surface area contributed by atoms with Crippen molar-refractivity contribution in [3.63, 3.8) is 0 Å². The molecule has 2 fully saturated rings.